The van der Waals surface area contributed by atoms with Crippen molar-refractivity contribution in [2.24, 2.45) is 5.92 Å². The molecule has 2 rings (SSSR count). The molecule has 0 aromatic carbocycles. The zero-order chi connectivity index (χ0) is 9.10. The van der Waals surface area contributed by atoms with E-state index in [1.54, 1.807) is 0 Å². The van der Waals surface area contributed by atoms with Gasteiger partial charge in [-0.05, 0) is 19.3 Å². The lowest BCUT2D eigenvalue weighted by Crippen LogP contribution is -2.24. The van der Waals surface area contributed by atoms with E-state index in [1.807, 2.05) is 0 Å². The van der Waals surface area contributed by atoms with Gasteiger partial charge in [-0.1, -0.05) is 26.2 Å². The molecule has 0 aromatic rings. The van der Waals surface area contributed by atoms with Crippen molar-refractivity contribution in [3.05, 3.63) is 0 Å². The van der Waals surface area contributed by atoms with Crippen LogP contribution in [0.2, 0.25) is 0 Å². The molecule has 2 nitrogen and oxygen atoms in total. The zero-order valence-corrected chi connectivity index (χ0v) is 8.50. The highest BCUT2D eigenvalue weighted by Crippen LogP contribution is 2.31. The Hall–Kier alpha value is -0.0800. The third-order valence-electron chi connectivity index (χ3n) is 3.26. The summed E-state index contributed by atoms with van der Waals surface area (Å²) in [4.78, 5) is 0. The van der Waals surface area contributed by atoms with Crippen LogP contribution in [0.3, 0.4) is 0 Å². The maximum atomic E-state index is 5.83. The molecule has 2 heteroatoms. The largest absolute Gasteiger partial charge is 0.350 e. The molecule has 1 aliphatic carbocycles. The highest BCUT2D eigenvalue weighted by molar-refractivity contribution is 4.74. The predicted octanol–water partition coefficient (Wildman–Crippen LogP) is 2.72. The van der Waals surface area contributed by atoms with E-state index < -0.39 is 0 Å². The Morgan fingerprint density at radius 3 is 2.54 bits per heavy atom. The number of rotatable bonds is 2. The molecule has 0 aromatic heterocycles. The van der Waals surface area contributed by atoms with Crippen LogP contribution in [0, 0.1) is 5.92 Å². The Labute approximate surface area is 80.6 Å². The summed E-state index contributed by atoms with van der Waals surface area (Å²) in [5.41, 5.74) is 0. The molecule has 0 N–H and O–H groups in total. The molecule has 2 aliphatic rings. The first-order chi connectivity index (χ1) is 6.40. The van der Waals surface area contributed by atoms with Gasteiger partial charge in [-0.2, -0.15) is 0 Å². The predicted molar refractivity (Wildman–Crippen MR) is 51.5 cm³/mol. The summed E-state index contributed by atoms with van der Waals surface area (Å²) in [7, 11) is 0. The van der Waals surface area contributed by atoms with Gasteiger partial charge in [0.15, 0.2) is 6.29 Å². The van der Waals surface area contributed by atoms with Crippen LogP contribution < -0.4 is 0 Å². The van der Waals surface area contributed by atoms with Crippen molar-refractivity contribution in [3.63, 3.8) is 0 Å². The van der Waals surface area contributed by atoms with Crippen LogP contribution in [0.15, 0.2) is 0 Å². The maximum absolute atomic E-state index is 5.83. The highest BCUT2D eigenvalue weighted by Gasteiger charge is 2.32. The standard InChI is InChI=1S/C11H20O2/c1-2-10-8-12-11(13-10)9-6-4-3-5-7-9/h9-11H,2-8H2,1H3. The molecule has 2 unspecified atom stereocenters. The molecule has 76 valence electrons. The third kappa shape index (κ3) is 2.23. The summed E-state index contributed by atoms with van der Waals surface area (Å²) in [5.74, 6) is 0.685. The first-order valence-corrected chi connectivity index (χ1v) is 5.67. The SMILES string of the molecule is CCC1COC(C2CCCCC2)O1. The van der Waals surface area contributed by atoms with Crippen molar-refractivity contribution < 1.29 is 9.47 Å². The monoisotopic (exact) mass is 184 g/mol. The van der Waals surface area contributed by atoms with Gasteiger partial charge in [0.1, 0.15) is 0 Å². The molecule has 1 saturated carbocycles. The van der Waals surface area contributed by atoms with Crippen LogP contribution in [0.25, 0.3) is 0 Å². The number of hydrogen-bond acceptors (Lipinski definition) is 2. The van der Waals surface area contributed by atoms with Gasteiger partial charge in [0.25, 0.3) is 0 Å². The molecular formula is C11H20O2. The van der Waals surface area contributed by atoms with Crippen molar-refractivity contribution in [3.8, 4) is 0 Å². The minimum Gasteiger partial charge on any atom is -0.350 e. The van der Waals surface area contributed by atoms with E-state index in [4.69, 9.17) is 9.47 Å². The average Bonchev–Trinajstić information content (AvgIpc) is 2.67. The van der Waals surface area contributed by atoms with Crippen LogP contribution in [-0.4, -0.2) is 19.0 Å². The molecule has 0 spiro atoms. The van der Waals surface area contributed by atoms with E-state index in [1.165, 1.54) is 32.1 Å². The zero-order valence-electron chi connectivity index (χ0n) is 8.50. The van der Waals surface area contributed by atoms with Gasteiger partial charge in [-0.25, -0.2) is 0 Å². The second-order valence-electron chi connectivity index (χ2n) is 4.27. The summed E-state index contributed by atoms with van der Waals surface area (Å²) in [5, 5.41) is 0. The maximum Gasteiger partial charge on any atom is 0.160 e. The third-order valence-corrected chi connectivity index (χ3v) is 3.26. The lowest BCUT2D eigenvalue weighted by atomic mass is 9.89. The fourth-order valence-corrected chi connectivity index (χ4v) is 2.34. The molecule has 1 heterocycles. The van der Waals surface area contributed by atoms with Crippen LogP contribution in [0.5, 0.6) is 0 Å². The Balaban J connectivity index is 1.80. The van der Waals surface area contributed by atoms with Crippen LogP contribution >= 0.6 is 0 Å². The van der Waals surface area contributed by atoms with Gasteiger partial charge in [0.05, 0.1) is 12.7 Å². The van der Waals surface area contributed by atoms with Gasteiger partial charge in [0.2, 0.25) is 0 Å². The summed E-state index contributed by atoms with van der Waals surface area (Å²) in [6.07, 6.45) is 8.33. The van der Waals surface area contributed by atoms with E-state index in [-0.39, 0.29) is 6.29 Å². The summed E-state index contributed by atoms with van der Waals surface area (Å²) < 4.78 is 11.5. The molecular weight excluding hydrogens is 164 g/mol. The summed E-state index contributed by atoms with van der Waals surface area (Å²) in [6.45, 7) is 2.98. The van der Waals surface area contributed by atoms with Crippen LogP contribution in [0.4, 0.5) is 0 Å². The minimum atomic E-state index is 0.130. The van der Waals surface area contributed by atoms with Gasteiger partial charge < -0.3 is 9.47 Å². The second kappa shape index (κ2) is 4.43. The summed E-state index contributed by atoms with van der Waals surface area (Å²) in [6, 6.07) is 0. The Bertz CT molecular complexity index is 152. The second-order valence-corrected chi connectivity index (χ2v) is 4.27. The fraction of sp³-hybridized carbons (Fsp3) is 1.00. The normalized spacial score (nSPS) is 36.7. The average molecular weight is 184 g/mol. The fourth-order valence-electron chi connectivity index (χ4n) is 2.34. The van der Waals surface area contributed by atoms with E-state index in [2.05, 4.69) is 6.92 Å². The first kappa shape index (κ1) is 9.47. The lowest BCUT2D eigenvalue weighted by molar-refractivity contribution is -0.105. The van der Waals surface area contributed by atoms with Crippen molar-refractivity contribution in [1.29, 1.82) is 0 Å². The van der Waals surface area contributed by atoms with Crippen LogP contribution in [0.1, 0.15) is 45.4 Å². The van der Waals surface area contributed by atoms with Crippen molar-refractivity contribution in [2.45, 2.75) is 57.8 Å². The van der Waals surface area contributed by atoms with E-state index >= 15 is 0 Å². The molecule has 2 fully saturated rings. The van der Waals surface area contributed by atoms with E-state index in [0.29, 0.717) is 12.0 Å². The Morgan fingerprint density at radius 1 is 1.15 bits per heavy atom. The van der Waals surface area contributed by atoms with E-state index in [9.17, 15) is 0 Å². The van der Waals surface area contributed by atoms with Crippen molar-refractivity contribution in [1.82, 2.24) is 0 Å². The first-order valence-electron chi connectivity index (χ1n) is 5.67. The molecule has 0 bridgehead atoms. The number of ether oxygens (including phenoxy) is 2. The molecule has 2 atom stereocenters. The lowest BCUT2D eigenvalue weighted by Gasteiger charge is -2.26. The summed E-state index contributed by atoms with van der Waals surface area (Å²) >= 11 is 0. The topological polar surface area (TPSA) is 18.5 Å². The van der Waals surface area contributed by atoms with Crippen LogP contribution in [-0.2, 0) is 9.47 Å². The van der Waals surface area contributed by atoms with Gasteiger partial charge in [-0.3, -0.25) is 0 Å². The van der Waals surface area contributed by atoms with E-state index in [0.717, 1.165) is 13.0 Å². The van der Waals surface area contributed by atoms with Gasteiger partial charge in [0, 0.05) is 5.92 Å². The minimum absolute atomic E-state index is 0.130. The molecule has 0 amide bonds. The smallest absolute Gasteiger partial charge is 0.160 e. The number of hydrogen-bond donors (Lipinski definition) is 0. The molecule has 1 saturated heterocycles. The Morgan fingerprint density at radius 2 is 1.92 bits per heavy atom. The Kier molecular flexibility index (Phi) is 3.23. The van der Waals surface area contributed by atoms with Crippen molar-refractivity contribution >= 4 is 0 Å². The van der Waals surface area contributed by atoms with Gasteiger partial charge in [-0.15, -0.1) is 0 Å². The highest BCUT2D eigenvalue weighted by atomic mass is 16.7. The molecule has 13 heavy (non-hydrogen) atoms. The molecule has 1 aliphatic heterocycles. The molecule has 0 radical (unpaired) electrons. The quantitative estimate of drug-likeness (QED) is 0.657. The van der Waals surface area contributed by atoms with Gasteiger partial charge >= 0.3 is 0 Å². The van der Waals surface area contributed by atoms with Crippen molar-refractivity contribution in [2.75, 3.05) is 6.61 Å².